The third-order valence-electron chi connectivity index (χ3n) is 6.23. The van der Waals surface area contributed by atoms with Crippen LogP contribution in [0.15, 0.2) is 77.8 Å². The lowest BCUT2D eigenvalue weighted by atomic mass is 9.95. The largest absolute Gasteiger partial charge is 0.493 e. The minimum absolute atomic E-state index is 0.124. The lowest BCUT2D eigenvalue weighted by Gasteiger charge is -2.13. The normalized spacial score (nSPS) is 12.8. The SMILES string of the molecule is COc1cccc(C=Nc2sc3c(c2C(=O)Nc2ccccc2)CCCC3)c1OCc1cccc(Cl)c1. The van der Waals surface area contributed by atoms with Gasteiger partial charge < -0.3 is 14.8 Å². The average molecular weight is 531 g/mol. The first-order chi connectivity index (χ1) is 18.1. The highest BCUT2D eigenvalue weighted by Gasteiger charge is 2.25. The summed E-state index contributed by atoms with van der Waals surface area (Å²) in [6.07, 6.45) is 5.84. The van der Waals surface area contributed by atoms with Crippen molar-refractivity contribution in [2.24, 2.45) is 4.99 Å². The van der Waals surface area contributed by atoms with E-state index in [1.807, 2.05) is 72.8 Å². The number of para-hydroxylation sites is 2. The zero-order chi connectivity index (χ0) is 25.6. The summed E-state index contributed by atoms with van der Waals surface area (Å²) in [5, 5.41) is 4.41. The Kier molecular flexibility index (Phi) is 7.87. The standard InChI is InChI=1S/C30H27ClN2O3S/c1-35-25-15-8-10-21(28(25)36-19-20-9-7-11-22(31)17-20)18-32-30-27(24-14-5-6-16-26(24)37-30)29(34)33-23-12-3-2-4-13-23/h2-4,7-13,15,17-18H,5-6,14,16,19H2,1H3,(H,33,34). The summed E-state index contributed by atoms with van der Waals surface area (Å²) < 4.78 is 11.7. The number of rotatable bonds is 8. The van der Waals surface area contributed by atoms with Gasteiger partial charge in [-0.2, -0.15) is 0 Å². The van der Waals surface area contributed by atoms with Crippen LogP contribution in [0.5, 0.6) is 11.5 Å². The number of aliphatic imine (C=N–C) groups is 1. The van der Waals surface area contributed by atoms with E-state index < -0.39 is 0 Å². The number of halogens is 1. The van der Waals surface area contributed by atoms with Crippen molar-refractivity contribution in [3.63, 3.8) is 0 Å². The van der Waals surface area contributed by atoms with Crippen molar-refractivity contribution in [1.29, 1.82) is 0 Å². The first-order valence-corrected chi connectivity index (χ1v) is 13.4. The fraction of sp³-hybridized carbons (Fsp3) is 0.200. The summed E-state index contributed by atoms with van der Waals surface area (Å²) in [6, 6.07) is 22.8. The quantitative estimate of drug-likeness (QED) is 0.236. The molecule has 0 radical (unpaired) electrons. The van der Waals surface area contributed by atoms with Gasteiger partial charge >= 0.3 is 0 Å². The van der Waals surface area contributed by atoms with Crippen molar-refractivity contribution in [2.45, 2.75) is 32.3 Å². The highest BCUT2D eigenvalue weighted by atomic mass is 35.5. The molecule has 5 nitrogen and oxygen atoms in total. The van der Waals surface area contributed by atoms with Gasteiger partial charge in [0.05, 0.1) is 12.7 Å². The highest BCUT2D eigenvalue weighted by Crippen LogP contribution is 2.41. The minimum atomic E-state index is -0.124. The van der Waals surface area contributed by atoms with Gasteiger partial charge in [0.2, 0.25) is 0 Å². The van der Waals surface area contributed by atoms with Gasteiger partial charge in [0.15, 0.2) is 11.5 Å². The molecule has 1 heterocycles. The van der Waals surface area contributed by atoms with Gasteiger partial charge in [-0.15, -0.1) is 11.3 Å². The number of fused-ring (bicyclic) bond motifs is 1. The van der Waals surface area contributed by atoms with Crippen molar-refractivity contribution in [1.82, 2.24) is 0 Å². The van der Waals surface area contributed by atoms with Crippen LogP contribution in [0.2, 0.25) is 5.02 Å². The van der Waals surface area contributed by atoms with Crippen LogP contribution >= 0.6 is 22.9 Å². The second kappa shape index (κ2) is 11.6. The van der Waals surface area contributed by atoms with Crippen molar-refractivity contribution >= 4 is 45.7 Å². The number of methoxy groups -OCH3 is 1. The number of ether oxygens (including phenoxy) is 2. The summed E-state index contributed by atoms with van der Waals surface area (Å²) in [6.45, 7) is 0.333. The van der Waals surface area contributed by atoms with Gasteiger partial charge in [0, 0.05) is 27.4 Å². The van der Waals surface area contributed by atoms with Crippen LogP contribution in [0.25, 0.3) is 0 Å². The molecule has 1 N–H and O–H groups in total. The van der Waals surface area contributed by atoms with Crippen LogP contribution in [0.4, 0.5) is 10.7 Å². The van der Waals surface area contributed by atoms with E-state index >= 15 is 0 Å². The maximum atomic E-state index is 13.4. The second-order valence-corrected chi connectivity index (χ2v) is 10.3. The number of carbonyl (C=O) groups excluding carboxylic acids is 1. The first kappa shape index (κ1) is 25.1. The van der Waals surface area contributed by atoms with Gasteiger partial charge in [-0.25, -0.2) is 4.99 Å². The molecule has 37 heavy (non-hydrogen) atoms. The van der Waals surface area contributed by atoms with Gasteiger partial charge in [-0.05, 0) is 73.2 Å². The zero-order valence-corrected chi connectivity index (χ0v) is 22.1. The van der Waals surface area contributed by atoms with Crippen LogP contribution in [0.1, 0.15) is 44.8 Å². The fourth-order valence-corrected chi connectivity index (χ4v) is 5.90. The molecule has 0 saturated heterocycles. The summed E-state index contributed by atoms with van der Waals surface area (Å²) in [5.41, 5.74) is 4.28. The molecular formula is C30H27ClN2O3S. The monoisotopic (exact) mass is 530 g/mol. The fourth-order valence-electron chi connectivity index (χ4n) is 4.45. The van der Waals surface area contributed by atoms with Crippen molar-refractivity contribution in [3.8, 4) is 11.5 Å². The number of hydrogen-bond acceptors (Lipinski definition) is 5. The molecule has 0 fully saturated rings. The van der Waals surface area contributed by atoms with Crippen LogP contribution < -0.4 is 14.8 Å². The summed E-state index contributed by atoms with van der Waals surface area (Å²) in [4.78, 5) is 19.5. The van der Waals surface area contributed by atoms with E-state index in [2.05, 4.69) is 5.32 Å². The molecule has 4 aromatic rings. The molecule has 5 rings (SSSR count). The molecular weight excluding hydrogens is 504 g/mol. The molecule has 0 bridgehead atoms. The van der Waals surface area contributed by atoms with Crippen molar-refractivity contribution < 1.29 is 14.3 Å². The molecule has 188 valence electrons. The van der Waals surface area contributed by atoms with Gasteiger partial charge in [-0.3, -0.25) is 4.79 Å². The van der Waals surface area contributed by atoms with E-state index in [4.69, 9.17) is 26.1 Å². The van der Waals surface area contributed by atoms with Crippen LogP contribution in [0.3, 0.4) is 0 Å². The highest BCUT2D eigenvalue weighted by molar-refractivity contribution is 7.16. The third kappa shape index (κ3) is 5.87. The molecule has 1 aromatic heterocycles. The summed E-state index contributed by atoms with van der Waals surface area (Å²) >= 11 is 7.74. The van der Waals surface area contributed by atoms with E-state index in [0.29, 0.717) is 33.7 Å². The maximum absolute atomic E-state index is 13.4. The lowest BCUT2D eigenvalue weighted by Crippen LogP contribution is -2.14. The number of nitrogens with one attached hydrogen (secondary N) is 1. The summed E-state index contributed by atoms with van der Waals surface area (Å²) in [5.74, 6) is 1.07. The second-order valence-electron chi connectivity index (χ2n) is 8.77. The Hall–Kier alpha value is -3.61. The molecule has 1 amide bonds. The van der Waals surface area contributed by atoms with Crippen LogP contribution in [-0.4, -0.2) is 19.2 Å². The van der Waals surface area contributed by atoms with Gasteiger partial charge in [0.1, 0.15) is 11.6 Å². The van der Waals surface area contributed by atoms with E-state index in [1.165, 1.54) is 4.88 Å². The Morgan fingerprint density at radius 3 is 2.68 bits per heavy atom. The van der Waals surface area contributed by atoms with E-state index in [0.717, 1.165) is 48.1 Å². The minimum Gasteiger partial charge on any atom is -0.493 e. The number of benzene rings is 3. The number of hydrogen-bond donors (Lipinski definition) is 1. The number of carbonyl (C=O) groups is 1. The van der Waals surface area contributed by atoms with E-state index in [1.54, 1.807) is 24.7 Å². The predicted octanol–water partition coefficient (Wildman–Crippen LogP) is 7.87. The molecule has 0 spiro atoms. The molecule has 0 aliphatic heterocycles. The van der Waals surface area contributed by atoms with Crippen LogP contribution in [0, 0.1) is 0 Å². The maximum Gasteiger partial charge on any atom is 0.259 e. The van der Waals surface area contributed by atoms with Gasteiger partial charge in [0.25, 0.3) is 5.91 Å². The van der Waals surface area contributed by atoms with E-state index in [9.17, 15) is 4.79 Å². The number of aryl methyl sites for hydroxylation is 1. The number of nitrogens with zero attached hydrogens (tertiary/aromatic N) is 1. The molecule has 3 aromatic carbocycles. The lowest BCUT2D eigenvalue weighted by molar-refractivity contribution is 0.102. The van der Waals surface area contributed by atoms with Crippen LogP contribution in [-0.2, 0) is 19.4 Å². The average Bonchev–Trinajstić information content (AvgIpc) is 3.30. The molecule has 0 saturated carbocycles. The Morgan fingerprint density at radius 1 is 1.05 bits per heavy atom. The Bertz CT molecular complexity index is 1430. The van der Waals surface area contributed by atoms with Crippen molar-refractivity contribution in [3.05, 3.63) is 105 Å². The Balaban J connectivity index is 1.46. The van der Waals surface area contributed by atoms with E-state index in [-0.39, 0.29) is 5.91 Å². The molecule has 7 heteroatoms. The van der Waals surface area contributed by atoms with Crippen molar-refractivity contribution in [2.75, 3.05) is 12.4 Å². The third-order valence-corrected chi connectivity index (χ3v) is 7.67. The number of anilines is 1. The molecule has 1 aliphatic rings. The summed E-state index contributed by atoms with van der Waals surface area (Å²) in [7, 11) is 1.61. The molecule has 0 unspecified atom stereocenters. The predicted molar refractivity (Wildman–Crippen MR) is 151 cm³/mol. The number of thiophene rings is 1. The molecule has 0 atom stereocenters. The number of amides is 1. The molecule has 1 aliphatic carbocycles. The van der Waals surface area contributed by atoms with Gasteiger partial charge in [-0.1, -0.05) is 48.0 Å². The topological polar surface area (TPSA) is 59.9 Å². The zero-order valence-electron chi connectivity index (χ0n) is 20.5. The Morgan fingerprint density at radius 2 is 1.86 bits per heavy atom. The Labute approximate surface area is 225 Å². The smallest absolute Gasteiger partial charge is 0.259 e. The first-order valence-electron chi connectivity index (χ1n) is 12.2.